The van der Waals surface area contributed by atoms with Gasteiger partial charge >= 0.3 is 0 Å². The molecule has 0 saturated carbocycles. The molecule has 2 heterocycles. The Kier molecular flexibility index (Phi) is 10.1. The van der Waals surface area contributed by atoms with E-state index in [1.165, 1.54) is 55.5 Å². The van der Waals surface area contributed by atoms with Gasteiger partial charge in [-0.15, -0.1) is 5.11 Å². The van der Waals surface area contributed by atoms with Crippen molar-refractivity contribution in [1.82, 2.24) is 9.78 Å². The van der Waals surface area contributed by atoms with E-state index in [2.05, 4.69) is 35.4 Å². The number of phenols is 1. The molecule has 1 aliphatic heterocycles. The lowest BCUT2D eigenvalue weighted by atomic mass is 10.2. The van der Waals surface area contributed by atoms with Gasteiger partial charge in [0, 0.05) is 5.69 Å². The van der Waals surface area contributed by atoms with Gasteiger partial charge in [0.1, 0.15) is 11.4 Å². The van der Waals surface area contributed by atoms with Gasteiger partial charge in [0.2, 0.25) is 0 Å². The van der Waals surface area contributed by atoms with Crippen molar-refractivity contribution in [2.75, 3.05) is 9.73 Å². The number of aromatic nitrogens is 2. The van der Waals surface area contributed by atoms with E-state index in [4.69, 9.17) is 0 Å². The molecular formula is C32H27N9O11S3. The van der Waals surface area contributed by atoms with Gasteiger partial charge in [-0.25, -0.2) is 13.1 Å². The van der Waals surface area contributed by atoms with Crippen molar-refractivity contribution in [3.63, 3.8) is 0 Å². The Labute approximate surface area is 311 Å². The Bertz CT molecular complexity index is 2820. The number of hydrogen-bond acceptors (Lipinski definition) is 14. The second kappa shape index (κ2) is 14.4. The molecule has 0 bridgehead atoms. The summed E-state index contributed by atoms with van der Waals surface area (Å²) in [5, 5.41) is 34.2. The minimum Gasteiger partial charge on any atom is -0.506 e. The van der Waals surface area contributed by atoms with Crippen molar-refractivity contribution in [1.29, 1.82) is 0 Å². The van der Waals surface area contributed by atoms with Gasteiger partial charge in [0.15, 0.2) is 11.7 Å². The van der Waals surface area contributed by atoms with E-state index >= 15 is 0 Å². The fraction of sp³-hybridized carbons (Fsp3) is 0.0938. The zero-order valence-electron chi connectivity index (χ0n) is 28.2. The van der Waals surface area contributed by atoms with Gasteiger partial charge in [-0.3, -0.25) is 28.5 Å². The molecule has 23 heteroatoms. The van der Waals surface area contributed by atoms with Crippen LogP contribution in [0.15, 0.2) is 136 Å². The first kappa shape index (κ1) is 38.3. The standard InChI is InChI=1S/C32H27N9O11S3/c1-18-29(31(43)40(37-18)22-7-11-24(12-8-22)54(47,48)49)35-33-20-3-5-21(6-4-20)39-53(45,46)26-15-16-28(42)27(17-26)34-36-30-19(2)38-41(32(30)44)23-9-13-25(14-10-23)55(50,51)52/h3-17,30,37,39,42H,1-2H3,(H,47,48,49)(H,50,51,52). The van der Waals surface area contributed by atoms with Gasteiger partial charge in [-0.05, 0) is 105 Å². The fourth-order valence-corrected chi connectivity index (χ4v) is 7.06. The number of carbonyl (C=O) groups is 1. The van der Waals surface area contributed by atoms with Gasteiger partial charge in [-0.2, -0.15) is 42.3 Å². The number of nitrogens with zero attached hydrogens (tertiary/aromatic N) is 7. The molecule has 0 aliphatic carbocycles. The van der Waals surface area contributed by atoms with E-state index in [-0.39, 0.29) is 54.5 Å². The number of amides is 1. The molecule has 0 spiro atoms. The van der Waals surface area contributed by atoms with E-state index < -0.39 is 53.5 Å². The minimum atomic E-state index is -4.46. The molecule has 1 aliphatic rings. The molecule has 55 heavy (non-hydrogen) atoms. The van der Waals surface area contributed by atoms with Crippen LogP contribution in [0.25, 0.3) is 5.69 Å². The number of nitrogens with one attached hydrogen (secondary N) is 2. The van der Waals surface area contributed by atoms with Crippen LogP contribution >= 0.6 is 0 Å². The van der Waals surface area contributed by atoms with Crippen molar-refractivity contribution < 1.29 is 44.3 Å². The first-order valence-corrected chi connectivity index (χ1v) is 19.8. The molecule has 0 fully saturated rings. The second-order valence-corrected chi connectivity index (χ2v) is 16.2. The van der Waals surface area contributed by atoms with Crippen LogP contribution in [0.4, 0.5) is 28.4 Å². The molecule has 0 saturated heterocycles. The van der Waals surface area contributed by atoms with Crippen LogP contribution in [0.5, 0.6) is 5.75 Å². The van der Waals surface area contributed by atoms with E-state index in [0.29, 0.717) is 5.69 Å². The molecule has 5 aromatic rings. The number of benzene rings is 4. The zero-order valence-corrected chi connectivity index (χ0v) is 30.6. The van der Waals surface area contributed by atoms with Crippen molar-refractivity contribution in [2.45, 2.75) is 34.6 Å². The third kappa shape index (κ3) is 8.24. The summed E-state index contributed by atoms with van der Waals surface area (Å²) in [6.45, 7) is 3.06. The van der Waals surface area contributed by atoms with Gasteiger partial charge in [0.25, 0.3) is 41.7 Å². The van der Waals surface area contributed by atoms with Gasteiger partial charge < -0.3 is 5.11 Å². The van der Waals surface area contributed by atoms with Crippen molar-refractivity contribution in [3.05, 3.63) is 107 Å². The number of azo groups is 2. The number of hydrogen-bond donors (Lipinski definition) is 5. The topological polar surface area (TPSA) is 295 Å². The molecule has 20 nitrogen and oxygen atoms in total. The Balaban J connectivity index is 1.13. The number of H-pyrrole nitrogens is 1. The normalized spacial score (nSPS) is 15.3. The van der Waals surface area contributed by atoms with E-state index in [0.717, 1.165) is 52.2 Å². The molecule has 5 N–H and O–H groups in total. The Morgan fingerprint density at radius 1 is 0.727 bits per heavy atom. The summed E-state index contributed by atoms with van der Waals surface area (Å²) in [5.74, 6) is -1.10. The van der Waals surface area contributed by atoms with Crippen LogP contribution in [-0.4, -0.2) is 66.9 Å². The smallest absolute Gasteiger partial charge is 0.299 e. The summed E-state index contributed by atoms with van der Waals surface area (Å²) in [6.07, 6.45) is 0. The summed E-state index contributed by atoms with van der Waals surface area (Å²) in [4.78, 5) is 25.0. The lowest BCUT2D eigenvalue weighted by Gasteiger charge is -2.12. The van der Waals surface area contributed by atoms with Crippen LogP contribution in [0.2, 0.25) is 0 Å². The summed E-state index contributed by atoms with van der Waals surface area (Å²) >= 11 is 0. The average Bonchev–Trinajstić information content (AvgIpc) is 3.58. The summed E-state index contributed by atoms with van der Waals surface area (Å²) in [6, 6.07) is 17.2. The molecule has 1 unspecified atom stereocenters. The summed E-state index contributed by atoms with van der Waals surface area (Å²) in [7, 11) is -13.1. The van der Waals surface area contributed by atoms with Crippen LogP contribution < -0.4 is 15.3 Å². The highest BCUT2D eigenvalue weighted by molar-refractivity contribution is 7.92. The number of aromatic amines is 1. The number of hydrazone groups is 1. The first-order chi connectivity index (χ1) is 25.8. The number of aromatic hydroxyl groups is 1. The molecule has 0 radical (unpaired) electrons. The predicted octanol–water partition coefficient (Wildman–Crippen LogP) is 4.76. The van der Waals surface area contributed by atoms with E-state index in [1.807, 2.05) is 0 Å². The lowest BCUT2D eigenvalue weighted by Crippen LogP contribution is -2.29. The Morgan fingerprint density at radius 2 is 1.29 bits per heavy atom. The summed E-state index contributed by atoms with van der Waals surface area (Å²) < 4.78 is 93.7. The highest BCUT2D eigenvalue weighted by Crippen LogP contribution is 2.32. The van der Waals surface area contributed by atoms with Crippen LogP contribution in [0.1, 0.15) is 12.6 Å². The largest absolute Gasteiger partial charge is 0.506 e. The molecular weight excluding hydrogens is 783 g/mol. The monoisotopic (exact) mass is 809 g/mol. The van der Waals surface area contributed by atoms with Gasteiger partial charge in [0.05, 0.1) is 43.2 Å². The second-order valence-electron chi connectivity index (χ2n) is 11.7. The maximum atomic E-state index is 13.3. The third-order valence-electron chi connectivity index (χ3n) is 7.83. The predicted molar refractivity (Wildman–Crippen MR) is 196 cm³/mol. The van der Waals surface area contributed by atoms with Crippen molar-refractivity contribution >= 4 is 70.3 Å². The number of carbonyl (C=O) groups excluding carboxylic acids is 1. The highest BCUT2D eigenvalue weighted by Gasteiger charge is 2.35. The lowest BCUT2D eigenvalue weighted by molar-refractivity contribution is -0.117. The maximum absolute atomic E-state index is 13.3. The van der Waals surface area contributed by atoms with Crippen molar-refractivity contribution in [3.8, 4) is 11.4 Å². The Morgan fingerprint density at radius 3 is 1.87 bits per heavy atom. The van der Waals surface area contributed by atoms with Crippen LogP contribution in [0, 0.1) is 6.92 Å². The van der Waals surface area contributed by atoms with Gasteiger partial charge in [-0.1, -0.05) is 0 Å². The fourth-order valence-electron chi connectivity index (χ4n) is 5.03. The number of anilines is 2. The van der Waals surface area contributed by atoms with E-state index in [1.54, 1.807) is 6.92 Å². The molecule has 1 amide bonds. The minimum absolute atomic E-state index is 0.0472. The first-order valence-electron chi connectivity index (χ1n) is 15.5. The number of aryl methyl sites for hydroxylation is 1. The zero-order chi connectivity index (χ0) is 39.9. The number of sulfonamides is 1. The quantitative estimate of drug-likeness (QED) is 0.0895. The third-order valence-corrected chi connectivity index (χ3v) is 10.9. The molecule has 1 atom stereocenters. The molecule has 6 rings (SSSR count). The van der Waals surface area contributed by atoms with Crippen LogP contribution in [0.3, 0.4) is 0 Å². The SMILES string of the molecule is CC1=NN(c2ccc(S(=O)(=O)O)cc2)C(=O)C1N=Nc1cc(S(=O)(=O)Nc2ccc(N=Nc3c(C)[nH]n(-c4ccc(S(=O)(=O)O)cc4)c3=O)cc2)ccc1O. The molecule has 4 aromatic carbocycles. The molecule has 284 valence electrons. The summed E-state index contributed by atoms with van der Waals surface area (Å²) in [5.41, 5.74) is 0.463. The van der Waals surface area contributed by atoms with E-state index in [9.17, 15) is 49.1 Å². The number of rotatable bonds is 11. The van der Waals surface area contributed by atoms with Crippen LogP contribution in [-0.2, 0) is 35.1 Å². The average molecular weight is 810 g/mol. The van der Waals surface area contributed by atoms with Crippen molar-refractivity contribution in [2.24, 2.45) is 25.6 Å². The molecule has 1 aromatic heterocycles. The highest BCUT2D eigenvalue weighted by atomic mass is 32.2. The maximum Gasteiger partial charge on any atom is 0.299 e. The Hall–Kier alpha value is -6.40. The number of phenolic OH excluding ortho intramolecular Hbond substituents is 1.